The SMILES string of the molecule is CN1CCC[C@H]1[C@H]1CCCN1C(=O)c1cc(F)cc(F)c1. The van der Waals surface area contributed by atoms with Gasteiger partial charge < -0.3 is 9.80 Å². The predicted molar refractivity (Wildman–Crippen MR) is 76.1 cm³/mol. The molecule has 2 aliphatic heterocycles. The van der Waals surface area contributed by atoms with E-state index in [1.165, 1.54) is 0 Å². The van der Waals surface area contributed by atoms with Crippen molar-refractivity contribution in [3.8, 4) is 0 Å². The van der Waals surface area contributed by atoms with Crippen LogP contribution in [0.4, 0.5) is 8.78 Å². The molecule has 2 fully saturated rings. The normalized spacial score (nSPS) is 26.5. The molecule has 1 amide bonds. The van der Waals surface area contributed by atoms with Crippen LogP contribution in [0.3, 0.4) is 0 Å². The summed E-state index contributed by atoms with van der Waals surface area (Å²) in [4.78, 5) is 16.7. The smallest absolute Gasteiger partial charge is 0.254 e. The summed E-state index contributed by atoms with van der Waals surface area (Å²) in [6, 6.07) is 3.58. The second kappa shape index (κ2) is 5.72. The largest absolute Gasteiger partial charge is 0.334 e. The minimum atomic E-state index is -0.702. The molecule has 2 saturated heterocycles. The van der Waals surface area contributed by atoms with Crippen molar-refractivity contribution in [2.75, 3.05) is 20.1 Å². The molecule has 1 aromatic rings. The second-order valence-electron chi connectivity index (χ2n) is 6.06. The zero-order valence-electron chi connectivity index (χ0n) is 12.2. The van der Waals surface area contributed by atoms with Gasteiger partial charge in [0.25, 0.3) is 5.91 Å². The summed E-state index contributed by atoms with van der Waals surface area (Å²) in [7, 11) is 2.08. The lowest BCUT2D eigenvalue weighted by Gasteiger charge is -2.33. The summed E-state index contributed by atoms with van der Waals surface area (Å²) in [5.74, 6) is -1.66. The average Bonchev–Trinajstić information content (AvgIpc) is 3.04. The van der Waals surface area contributed by atoms with E-state index < -0.39 is 11.6 Å². The van der Waals surface area contributed by atoms with Gasteiger partial charge in [-0.1, -0.05) is 0 Å². The third kappa shape index (κ3) is 2.79. The van der Waals surface area contributed by atoms with Crippen molar-refractivity contribution in [1.29, 1.82) is 0 Å². The number of nitrogens with zero attached hydrogens (tertiary/aromatic N) is 2. The van der Waals surface area contributed by atoms with E-state index in [0.717, 1.165) is 50.4 Å². The first kappa shape index (κ1) is 14.4. The lowest BCUT2D eigenvalue weighted by Crippen LogP contribution is -2.47. The zero-order valence-corrected chi connectivity index (χ0v) is 12.2. The highest BCUT2D eigenvalue weighted by atomic mass is 19.1. The van der Waals surface area contributed by atoms with E-state index in [0.29, 0.717) is 12.6 Å². The number of benzene rings is 1. The monoisotopic (exact) mass is 294 g/mol. The third-order valence-electron chi connectivity index (χ3n) is 4.69. The summed E-state index contributed by atoms with van der Waals surface area (Å²) in [6.07, 6.45) is 4.16. The van der Waals surface area contributed by atoms with Gasteiger partial charge in [-0.05, 0) is 51.4 Å². The molecule has 0 spiro atoms. The van der Waals surface area contributed by atoms with Crippen molar-refractivity contribution in [1.82, 2.24) is 9.80 Å². The fraction of sp³-hybridized carbons (Fsp3) is 0.562. The van der Waals surface area contributed by atoms with Crippen LogP contribution in [0, 0.1) is 11.6 Å². The Hall–Kier alpha value is -1.49. The number of rotatable bonds is 2. The number of halogens is 2. The molecule has 0 saturated carbocycles. The van der Waals surface area contributed by atoms with E-state index >= 15 is 0 Å². The van der Waals surface area contributed by atoms with Crippen LogP contribution < -0.4 is 0 Å². The molecule has 0 aliphatic carbocycles. The second-order valence-corrected chi connectivity index (χ2v) is 6.06. The summed E-state index contributed by atoms with van der Waals surface area (Å²) in [5.41, 5.74) is 0.111. The minimum absolute atomic E-state index is 0.111. The first-order valence-corrected chi connectivity index (χ1v) is 7.53. The van der Waals surface area contributed by atoms with Gasteiger partial charge in [-0.15, -0.1) is 0 Å². The standard InChI is InChI=1S/C16H20F2N2O/c1-19-6-2-4-14(19)15-5-3-7-20(15)16(21)11-8-12(17)10-13(18)9-11/h8-10,14-15H,2-7H2,1H3/t14-,15+/m0/s1. The average molecular weight is 294 g/mol. The van der Waals surface area contributed by atoms with E-state index in [2.05, 4.69) is 11.9 Å². The van der Waals surface area contributed by atoms with Crippen molar-refractivity contribution in [2.24, 2.45) is 0 Å². The van der Waals surface area contributed by atoms with Gasteiger partial charge in [-0.2, -0.15) is 0 Å². The van der Waals surface area contributed by atoms with Gasteiger partial charge in [-0.25, -0.2) is 8.78 Å². The van der Waals surface area contributed by atoms with Crippen LogP contribution in [0.1, 0.15) is 36.0 Å². The van der Waals surface area contributed by atoms with Gasteiger partial charge in [-0.3, -0.25) is 4.79 Å². The Bertz CT molecular complexity index is 529. The van der Waals surface area contributed by atoms with Crippen molar-refractivity contribution in [3.63, 3.8) is 0 Å². The summed E-state index contributed by atoms with van der Waals surface area (Å²) >= 11 is 0. The van der Waals surface area contributed by atoms with E-state index in [-0.39, 0.29) is 17.5 Å². The molecule has 0 radical (unpaired) electrons. The molecule has 2 aliphatic rings. The number of carbonyl (C=O) groups excluding carboxylic acids is 1. The fourth-order valence-corrected chi connectivity index (χ4v) is 3.71. The van der Waals surface area contributed by atoms with Gasteiger partial charge in [0.05, 0.1) is 0 Å². The maximum Gasteiger partial charge on any atom is 0.254 e. The molecule has 3 rings (SSSR count). The summed E-state index contributed by atoms with van der Waals surface area (Å²) in [6.45, 7) is 1.73. The fourth-order valence-electron chi connectivity index (χ4n) is 3.71. The molecule has 2 atom stereocenters. The number of hydrogen-bond acceptors (Lipinski definition) is 2. The molecule has 0 unspecified atom stereocenters. The maximum absolute atomic E-state index is 13.3. The zero-order chi connectivity index (χ0) is 15.0. The van der Waals surface area contributed by atoms with Crippen molar-refractivity contribution < 1.29 is 13.6 Å². The van der Waals surface area contributed by atoms with Crippen molar-refractivity contribution >= 4 is 5.91 Å². The first-order valence-electron chi connectivity index (χ1n) is 7.53. The van der Waals surface area contributed by atoms with Crippen LogP contribution in [0.2, 0.25) is 0 Å². The first-order chi connectivity index (χ1) is 10.1. The number of likely N-dealkylation sites (tertiary alicyclic amines) is 2. The molecule has 0 N–H and O–H groups in total. The quantitative estimate of drug-likeness (QED) is 0.837. The van der Waals surface area contributed by atoms with E-state index in [4.69, 9.17) is 0 Å². The lowest BCUT2D eigenvalue weighted by atomic mass is 10.0. The highest BCUT2D eigenvalue weighted by molar-refractivity contribution is 5.94. The molecule has 0 aromatic heterocycles. The Balaban J connectivity index is 1.82. The Labute approximate surface area is 123 Å². The molecule has 21 heavy (non-hydrogen) atoms. The predicted octanol–water partition coefficient (Wildman–Crippen LogP) is 2.66. The van der Waals surface area contributed by atoms with E-state index in [1.54, 1.807) is 4.90 Å². The number of carbonyl (C=O) groups is 1. The highest BCUT2D eigenvalue weighted by Crippen LogP contribution is 2.30. The van der Waals surface area contributed by atoms with Gasteiger partial charge in [0.2, 0.25) is 0 Å². The molecule has 0 bridgehead atoms. The van der Waals surface area contributed by atoms with Crippen LogP contribution in [-0.4, -0.2) is 47.9 Å². The van der Waals surface area contributed by atoms with Gasteiger partial charge in [0.1, 0.15) is 11.6 Å². The number of amides is 1. The third-order valence-corrected chi connectivity index (χ3v) is 4.69. The van der Waals surface area contributed by atoms with E-state index in [9.17, 15) is 13.6 Å². The summed E-state index contributed by atoms with van der Waals surface area (Å²) < 4.78 is 26.6. The molecule has 5 heteroatoms. The van der Waals surface area contributed by atoms with Crippen molar-refractivity contribution in [3.05, 3.63) is 35.4 Å². The van der Waals surface area contributed by atoms with Crippen LogP contribution in [0.5, 0.6) is 0 Å². The summed E-state index contributed by atoms with van der Waals surface area (Å²) in [5, 5.41) is 0. The number of likely N-dealkylation sites (N-methyl/N-ethyl adjacent to an activating group) is 1. The molecular weight excluding hydrogens is 274 g/mol. The van der Waals surface area contributed by atoms with Gasteiger partial charge in [0, 0.05) is 30.3 Å². The highest BCUT2D eigenvalue weighted by Gasteiger charge is 2.38. The Morgan fingerprint density at radius 2 is 1.67 bits per heavy atom. The van der Waals surface area contributed by atoms with Crippen LogP contribution in [-0.2, 0) is 0 Å². The molecule has 1 aromatic carbocycles. The van der Waals surface area contributed by atoms with Gasteiger partial charge in [0.15, 0.2) is 0 Å². The topological polar surface area (TPSA) is 23.6 Å². The molecular formula is C16H20F2N2O. The molecule has 2 heterocycles. The Morgan fingerprint density at radius 3 is 2.29 bits per heavy atom. The lowest BCUT2D eigenvalue weighted by molar-refractivity contribution is 0.0663. The molecule has 114 valence electrons. The minimum Gasteiger partial charge on any atom is -0.334 e. The Morgan fingerprint density at radius 1 is 1.05 bits per heavy atom. The number of hydrogen-bond donors (Lipinski definition) is 0. The van der Waals surface area contributed by atoms with Crippen LogP contribution >= 0.6 is 0 Å². The van der Waals surface area contributed by atoms with Crippen LogP contribution in [0.15, 0.2) is 18.2 Å². The Kier molecular flexibility index (Phi) is 3.93. The maximum atomic E-state index is 13.3. The van der Waals surface area contributed by atoms with Crippen molar-refractivity contribution in [2.45, 2.75) is 37.8 Å². The molecule has 3 nitrogen and oxygen atoms in total. The van der Waals surface area contributed by atoms with E-state index in [1.807, 2.05) is 0 Å². The van der Waals surface area contributed by atoms with Crippen LogP contribution in [0.25, 0.3) is 0 Å². The van der Waals surface area contributed by atoms with Gasteiger partial charge >= 0.3 is 0 Å².